The zero-order chi connectivity index (χ0) is 15.7. The van der Waals surface area contributed by atoms with E-state index in [1.165, 1.54) is 11.3 Å². The third-order valence-corrected chi connectivity index (χ3v) is 4.73. The molecule has 0 aromatic rings. The first-order chi connectivity index (χ1) is 10.6. The molecule has 0 radical (unpaired) electrons. The summed E-state index contributed by atoms with van der Waals surface area (Å²) < 4.78 is 12.0. The highest BCUT2D eigenvalue weighted by Crippen LogP contribution is 2.38. The Kier molecular flexibility index (Phi) is 4.19. The number of likely N-dealkylation sites (tertiary alicyclic amines) is 1. The van der Waals surface area contributed by atoms with Crippen LogP contribution < -0.4 is 0 Å². The van der Waals surface area contributed by atoms with Gasteiger partial charge in [0.2, 0.25) is 0 Å². The van der Waals surface area contributed by atoms with Crippen molar-refractivity contribution in [1.82, 2.24) is 4.90 Å². The molecule has 1 spiro atoms. The lowest BCUT2D eigenvalue weighted by molar-refractivity contribution is -0.188. The van der Waals surface area contributed by atoms with Crippen LogP contribution in [0.1, 0.15) is 46.0 Å². The van der Waals surface area contributed by atoms with Crippen molar-refractivity contribution in [2.75, 3.05) is 13.2 Å². The zero-order valence-corrected chi connectivity index (χ0v) is 13.3. The summed E-state index contributed by atoms with van der Waals surface area (Å²) in [6.45, 7) is 4.28. The van der Waals surface area contributed by atoms with Crippen molar-refractivity contribution < 1.29 is 19.1 Å². The summed E-state index contributed by atoms with van der Waals surface area (Å²) in [5.41, 5.74) is 0.970. The Morgan fingerprint density at radius 3 is 2.23 bits per heavy atom. The van der Waals surface area contributed by atoms with Crippen molar-refractivity contribution in [1.29, 1.82) is 0 Å². The molecule has 2 saturated heterocycles. The molecule has 120 valence electrons. The molecule has 3 aliphatic rings. The number of amides is 2. The van der Waals surface area contributed by atoms with E-state index in [1.807, 2.05) is 0 Å². The molecule has 3 fully saturated rings. The highest BCUT2D eigenvalue weighted by molar-refractivity contribution is 6.24. The number of rotatable bonds is 2. The third kappa shape index (κ3) is 2.52. The minimum atomic E-state index is -0.471. The van der Waals surface area contributed by atoms with Gasteiger partial charge in [-0.3, -0.25) is 14.5 Å². The summed E-state index contributed by atoms with van der Waals surface area (Å²) in [5, 5.41) is 0. The number of nitrogens with zero attached hydrogens (tertiary/aromatic N) is 1. The molecule has 2 amide bonds. The second kappa shape index (κ2) is 5.97. The van der Waals surface area contributed by atoms with Crippen molar-refractivity contribution in [3.63, 3.8) is 0 Å². The Morgan fingerprint density at radius 1 is 1.09 bits per heavy atom. The Balaban J connectivity index is 1.69. The fourth-order valence-corrected chi connectivity index (χ4v) is 3.60. The number of allylic oxidation sites excluding steroid dienone is 2. The lowest BCUT2D eigenvalue weighted by atomic mass is 9.94. The van der Waals surface area contributed by atoms with Gasteiger partial charge in [0.15, 0.2) is 5.79 Å². The first-order valence-electron chi connectivity index (χ1n) is 8.11. The van der Waals surface area contributed by atoms with Gasteiger partial charge < -0.3 is 9.47 Å². The summed E-state index contributed by atoms with van der Waals surface area (Å²) in [6, 6.07) is 0. The maximum Gasteiger partial charge on any atom is 0.261 e. The average Bonchev–Trinajstić information content (AvgIpc) is 3.01. The van der Waals surface area contributed by atoms with E-state index in [0.29, 0.717) is 17.8 Å². The van der Waals surface area contributed by atoms with Gasteiger partial charge in [-0.1, -0.05) is 18.6 Å². The van der Waals surface area contributed by atoms with Gasteiger partial charge in [0.1, 0.15) is 6.10 Å². The van der Waals surface area contributed by atoms with Crippen molar-refractivity contribution in [3.8, 4) is 0 Å². The van der Waals surface area contributed by atoms with Crippen LogP contribution >= 0.6 is 0 Å². The Bertz CT molecular complexity index is 513. The van der Waals surface area contributed by atoms with Crippen molar-refractivity contribution >= 4 is 11.8 Å². The fourth-order valence-electron chi connectivity index (χ4n) is 3.60. The van der Waals surface area contributed by atoms with Crippen LogP contribution in [0.4, 0.5) is 0 Å². The van der Waals surface area contributed by atoms with Crippen molar-refractivity contribution in [2.24, 2.45) is 0 Å². The lowest BCUT2D eigenvalue weighted by Gasteiger charge is -2.32. The predicted octanol–water partition coefficient (Wildman–Crippen LogP) is 2.32. The zero-order valence-electron chi connectivity index (χ0n) is 13.3. The summed E-state index contributed by atoms with van der Waals surface area (Å²) in [7, 11) is 0. The molecule has 22 heavy (non-hydrogen) atoms. The minimum Gasteiger partial charge on any atom is -0.347 e. The molecule has 5 heteroatoms. The maximum absolute atomic E-state index is 12.4. The number of carbonyl (C=O) groups excluding carboxylic acids is 2. The molecule has 5 nitrogen and oxygen atoms in total. The SMILES string of the molecule is C/C=C1/C(=O)N(CC2COC3(CCCCC3)O2)C(=O)/C1=C/C. The van der Waals surface area contributed by atoms with Gasteiger partial charge in [0.05, 0.1) is 13.2 Å². The number of carbonyl (C=O) groups is 2. The van der Waals surface area contributed by atoms with E-state index in [1.54, 1.807) is 26.0 Å². The second-order valence-electron chi connectivity index (χ2n) is 6.15. The first-order valence-corrected chi connectivity index (χ1v) is 8.11. The van der Waals surface area contributed by atoms with E-state index in [4.69, 9.17) is 9.47 Å². The van der Waals surface area contributed by atoms with E-state index in [0.717, 1.165) is 25.7 Å². The van der Waals surface area contributed by atoms with Gasteiger partial charge in [0, 0.05) is 24.0 Å². The summed E-state index contributed by atoms with van der Waals surface area (Å²) in [4.78, 5) is 26.0. The highest BCUT2D eigenvalue weighted by Gasteiger charge is 2.45. The molecule has 1 atom stereocenters. The number of hydrogen-bond donors (Lipinski definition) is 0. The highest BCUT2D eigenvalue weighted by atomic mass is 16.7. The maximum atomic E-state index is 12.4. The van der Waals surface area contributed by atoms with Crippen LogP contribution in [0.25, 0.3) is 0 Å². The monoisotopic (exact) mass is 305 g/mol. The van der Waals surface area contributed by atoms with Gasteiger partial charge in [-0.15, -0.1) is 0 Å². The third-order valence-electron chi connectivity index (χ3n) is 4.73. The van der Waals surface area contributed by atoms with Crippen LogP contribution in [-0.2, 0) is 19.1 Å². The molecule has 2 aliphatic heterocycles. The molecule has 1 saturated carbocycles. The van der Waals surface area contributed by atoms with E-state index in [-0.39, 0.29) is 24.5 Å². The summed E-state index contributed by atoms with van der Waals surface area (Å²) >= 11 is 0. The van der Waals surface area contributed by atoms with Crippen molar-refractivity contribution in [3.05, 3.63) is 23.3 Å². The second-order valence-corrected chi connectivity index (χ2v) is 6.15. The number of hydrogen-bond acceptors (Lipinski definition) is 4. The quantitative estimate of drug-likeness (QED) is 0.580. The van der Waals surface area contributed by atoms with Crippen LogP contribution in [0.2, 0.25) is 0 Å². The summed E-state index contributed by atoms with van der Waals surface area (Å²) in [6.07, 6.45) is 8.43. The topological polar surface area (TPSA) is 55.8 Å². The minimum absolute atomic E-state index is 0.222. The number of imide groups is 1. The Hall–Kier alpha value is -1.46. The van der Waals surface area contributed by atoms with Crippen LogP contribution in [-0.4, -0.2) is 41.8 Å². The summed E-state index contributed by atoms with van der Waals surface area (Å²) in [5.74, 6) is -0.927. The molecule has 2 heterocycles. The van der Waals surface area contributed by atoms with Gasteiger partial charge in [0.25, 0.3) is 11.8 Å². The molecule has 3 rings (SSSR count). The van der Waals surface area contributed by atoms with Crippen molar-refractivity contribution in [2.45, 2.75) is 57.8 Å². The van der Waals surface area contributed by atoms with E-state index in [2.05, 4.69) is 0 Å². The predicted molar refractivity (Wildman–Crippen MR) is 80.9 cm³/mol. The molecule has 1 unspecified atom stereocenters. The molecular formula is C17H23NO4. The van der Waals surface area contributed by atoms with Crippen LogP contribution in [0.5, 0.6) is 0 Å². The van der Waals surface area contributed by atoms with E-state index >= 15 is 0 Å². The fraction of sp³-hybridized carbons (Fsp3) is 0.647. The van der Waals surface area contributed by atoms with Crippen LogP contribution in [0.3, 0.4) is 0 Å². The Morgan fingerprint density at radius 2 is 1.68 bits per heavy atom. The number of ether oxygens (including phenoxy) is 2. The first kappa shape index (κ1) is 15.4. The van der Waals surface area contributed by atoms with E-state index in [9.17, 15) is 9.59 Å². The molecule has 0 N–H and O–H groups in total. The molecule has 0 bridgehead atoms. The molecule has 0 aromatic carbocycles. The van der Waals surface area contributed by atoms with Crippen LogP contribution in [0, 0.1) is 0 Å². The molecule has 0 aromatic heterocycles. The van der Waals surface area contributed by atoms with E-state index < -0.39 is 5.79 Å². The molecular weight excluding hydrogens is 282 g/mol. The normalized spacial score (nSPS) is 31.9. The van der Waals surface area contributed by atoms with Gasteiger partial charge in [-0.25, -0.2) is 0 Å². The van der Waals surface area contributed by atoms with Gasteiger partial charge in [-0.2, -0.15) is 0 Å². The molecule has 1 aliphatic carbocycles. The largest absolute Gasteiger partial charge is 0.347 e. The standard InChI is InChI=1S/C17H23NO4/c1-3-13-14(4-2)16(20)18(15(13)19)10-12-11-21-17(22-12)8-6-5-7-9-17/h3-4,12H,5-11H2,1-2H3/b13-3+,14-4+. The average molecular weight is 305 g/mol. The van der Waals surface area contributed by atoms with Crippen LogP contribution in [0.15, 0.2) is 23.3 Å². The van der Waals surface area contributed by atoms with Gasteiger partial charge in [-0.05, 0) is 26.7 Å². The lowest BCUT2D eigenvalue weighted by Crippen LogP contribution is -2.39. The van der Waals surface area contributed by atoms with Gasteiger partial charge >= 0.3 is 0 Å². The smallest absolute Gasteiger partial charge is 0.261 e. The Labute approximate surface area is 130 Å².